The maximum atomic E-state index is 16.1. The first-order valence-corrected chi connectivity index (χ1v) is 14.9. The molecule has 1 saturated carbocycles. The van der Waals surface area contributed by atoms with Gasteiger partial charge < -0.3 is 15.7 Å². The molecule has 43 heavy (non-hydrogen) atoms. The Labute approximate surface area is 251 Å². The molecule has 1 aliphatic carbocycles. The molecule has 2 unspecified atom stereocenters. The van der Waals surface area contributed by atoms with Gasteiger partial charge in [0.1, 0.15) is 27.9 Å². The van der Waals surface area contributed by atoms with Crippen molar-refractivity contribution in [1.29, 1.82) is 5.26 Å². The molecule has 2 aliphatic heterocycles. The van der Waals surface area contributed by atoms with E-state index in [4.69, 9.17) is 17.3 Å². The number of nitrogens with zero attached hydrogens (tertiary/aromatic N) is 5. The summed E-state index contributed by atoms with van der Waals surface area (Å²) in [5.74, 6) is -1.60. The summed E-state index contributed by atoms with van der Waals surface area (Å²) in [5, 5.41) is 28.1. The van der Waals surface area contributed by atoms with Crippen molar-refractivity contribution in [3.63, 3.8) is 0 Å². The van der Waals surface area contributed by atoms with Gasteiger partial charge in [0.05, 0.1) is 17.7 Å². The lowest BCUT2D eigenvalue weighted by atomic mass is 9.80. The van der Waals surface area contributed by atoms with Crippen LogP contribution in [0.15, 0.2) is 42.5 Å². The highest BCUT2D eigenvalue weighted by atomic mass is 35.5. The molecule has 3 heterocycles. The molecule has 4 aromatic rings. The van der Waals surface area contributed by atoms with Gasteiger partial charge >= 0.3 is 0 Å². The molecule has 8 nitrogen and oxygen atoms in total. The van der Waals surface area contributed by atoms with Crippen molar-refractivity contribution in [2.24, 2.45) is 5.73 Å². The Morgan fingerprint density at radius 3 is 2.49 bits per heavy atom. The summed E-state index contributed by atoms with van der Waals surface area (Å²) < 4.78 is 32.4. The highest BCUT2D eigenvalue weighted by Gasteiger charge is 2.42. The number of piperidine rings is 1. The van der Waals surface area contributed by atoms with Crippen LogP contribution in [0.4, 0.5) is 8.78 Å². The zero-order chi connectivity index (χ0) is 30.0. The number of nitrogens with two attached hydrogens (primary N) is 1. The Morgan fingerprint density at radius 2 is 1.84 bits per heavy atom. The fraction of sp³-hybridized carbons (Fsp3) is 0.375. The van der Waals surface area contributed by atoms with E-state index in [0.717, 1.165) is 32.1 Å². The molecule has 3 aromatic carbocycles. The SMILES string of the molecule is N#Cc1ccc(-c2cc(C(=O)N3C4CCC3CC(N)C4)ccc2-c2cc3nnn(CC4(O)CCC4)c3c(Cl)c2F)cc1F. The summed E-state index contributed by atoms with van der Waals surface area (Å²) in [6.07, 6.45) is 5.43. The number of aromatic nitrogens is 3. The van der Waals surface area contributed by atoms with Crippen LogP contribution in [0.25, 0.3) is 33.3 Å². The van der Waals surface area contributed by atoms with Crippen molar-refractivity contribution in [2.45, 2.75) is 75.2 Å². The van der Waals surface area contributed by atoms with Crippen LogP contribution >= 0.6 is 11.6 Å². The van der Waals surface area contributed by atoms with Crippen LogP contribution in [-0.4, -0.2) is 54.6 Å². The summed E-state index contributed by atoms with van der Waals surface area (Å²) in [6, 6.07) is 12.6. The molecule has 0 spiro atoms. The van der Waals surface area contributed by atoms with E-state index < -0.39 is 17.2 Å². The van der Waals surface area contributed by atoms with E-state index in [-0.39, 0.29) is 52.2 Å². The number of nitriles is 1. The van der Waals surface area contributed by atoms with Crippen molar-refractivity contribution in [3.05, 3.63) is 70.2 Å². The molecule has 11 heteroatoms. The van der Waals surface area contributed by atoms with Gasteiger partial charge in [0.25, 0.3) is 5.91 Å². The van der Waals surface area contributed by atoms with Gasteiger partial charge in [-0.05, 0) is 92.0 Å². The number of halogens is 3. The summed E-state index contributed by atoms with van der Waals surface area (Å²) in [4.78, 5) is 15.8. The van der Waals surface area contributed by atoms with Gasteiger partial charge in [-0.1, -0.05) is 28.9 Å². The molecular weight excluding hydrogens is 574 g/mol. The average Bonchev–Trinajstić information content (AvgIpc) is 3.50. The summed E-state index contributed by atoms with van der Waals surface area (Å²) in [5.41, 5.74) is 7.43. The number of rotatable bonds is 5. The zero-order valence-corrected chi connectivity index (χ0v) is 24.0. The molecule has 220 valence electrons. The van der Waals surface area contributed by atoms with Gasteiger partial charge in [-0.3, -0.25) is 4.79 Å². The molecule has 1 amide bonds. The molecule has 3 fully saturated rings. The second kappa shape index (κ2) is 10.4. The number of benzene rings is 3. The monoisotopic (exact) mass is 602 g/mol. The largest absolute Gasteiger partial charge is 0.388 e. The van der Waals surface area contributed by atoms with Crippen LogP contribution in [0, 0.1) is 23.0 Å². The molecular formula is C32H29ClF2N6O2. The zero-order valence-electron chi connectivity index (χ0n) is 23.2. The maximum absolute atomic E-state index is 16.1. The molecule has 2 atom stereocenters. The van der Waals surface area contributed by atoms with Crippen LogP contribution in [0.5, 0.6) is 0 Å². The van der Waals surface area contributed by atoms with E-state index in [1.54, 1.807) is 24.3 Å². The Kier molecular flexibility index (Phi) is 6.73. The van der Waals surface area contributed by atoms with E-state index >= 15 is 4.39 Å². The second-order valence-electron chi connectivity index (χ2n) is 12.1. The van der Waals surface area contributed by atoms with Crippen LogP contribution in [0.2, 0.25) is 5.02 Å². The van der Waals surface area contributed by atoms with E-state index in [1.165, 1.54) is 22.9 Å². The minimum atomic E-state index is -0.923. The third kappa shape index (κ3) is 4.67. The molecule has 0 radical (unpaired) electrons. The standard InChI is InChI=1S/C32H29ClF2N6O2/c33-28-29(35)25(14-27-30(28)40(39-38-27)16-32(43)8-1-9-32)23-7-4-18(10-24(23)17-2-3-19(15-36)26(34)11-17)31(42)41-21-5-6-22(41)13-20(37)12-21/h2-4,7,10-11,14,20-22,43H,1,5-6,8-9,12-13,16,37H2. The number of hydrogen-bond acceptors (Lipinski definition) is 6. The lowest BCUT2D eigenvalue weighted by Gasteiger charge is -2.38. The molecule has 2 bridgehead atoms. The van der Waals surface area contributed by atoms with E-state index in [0.29, 0.717) is 40.6 Å². The highest BCUT2D eigenvalue weighted by Crippen LogP contribution is 2.42. The van der Waals surface area contributed by atoms with Crippen LogP contribution in [-0.2, 0) is 6.54 Å². The number of aliphatic hydroxyl groups is 1. The normalized spacial score (nSPS) is 22.4. The Balaban J connectivity index is 1.35. The third-order valence-electron chi connectivity index (χ3n) is 9.37. The fourth-order valence-electron chi connectivity index (χ4n) is 7.02. The first-order valence-electron chi connectivity index (χ1n) is 14.5. The summed E-state index contributed by atoms with van der Waals surface area (Å²) in [7, 11) is 0. The first kappa shape index (κ1) is 27.9. The predicted molar refractivity (Wildman–Crippen MR) is 157 cm³/mol. The van der Waals surface area contributed by atoms with Crippen molar-refractivity contribution in [2.75, 3.05) is 0 Å². The molecule has 3 aliphatic rings. The first-order chi connectivity index (χ1) is 20.7. The Hall–Kier alpha value is -3.91. The van der Waals surface area contributed by atoms with Gasteiger partial charge in [0.2, 0.25) is 0 Å². The van der Waals surface area contributed by atoms with Crippen molar-refractivity contribution in [3.8, 4) is 28.3 Å². The van der Waals surface area contributed by atoms with E-state index in [1.807, 2.05) is 11.0 Å². The number of amides is 1. The summed E-state index contributed by atoms with van der Waals surface area (Å²) >= 11 is 6.59. The third-order valence-corrected chi connectivity index (χ3v) is 9.71. The quantitative estimate of drug-likeness (QED) is 0.308. The van der Waals surface area contributed by atoms with Gasteiger partial charge in [-0.15, -0.1) is 5.10 Å². The highest BCUT2D eigenvalue weighted by molar-refractivity contribution is 6.35. The molecule has 1 aromatic heterocycles. The number of carbonyl (C=O) groups is 1. The molecule has 7 rings (SSSR count). The average molecular weight is 603 g/mol. The van der Waals surface area contributed by atoms with Crippen molar-refractivity contribution < 1.29 is 18.7 Å². The Morgan fingerprint density at radius 1 is 1.09 bits per heavy atom. The minimum Gasteiger partial charge on any atom is -0.388 e. The van der Waals surface area contributed by atoms with Gasteiger partial charge in [-0.2, -0.15) is 5.26 Å². The number of hydrogen-bond donors (Lipinski definition) is 2. The maximum Gasteiger partial charge on any atom is 0.254 e. The number of fused-ring (bicyclic) bond motifs is 3. The van der Waals surface area contributed by atoms with E-state index in [9.17, 15) is 19.6 Å². The predicted octanol–water partition coefficient (Wildman–Crippen LogP) is 5.58. The fourth-order valence-corrected chi connectivity index (χ4v) is 7.32. The lowest BCUT2D eigenvalue weighted by Crippen LogP contribution is -2.50. The van der Waals surface area contributed by atoms with Crippen LogP contribution < -0.4 is 5.73 Å². The van der Waals surface area contributed by atoms with Gasteiger partial charge in [-0.25, -0.2) is 13.5 Å². The van der Waals surface area contributed by atoms with Crippen molar-refractivity contribution >= 4 is 28.5 Å². The smallest absolute Gasteiger partial charge is 0.254 e. The van der Waals surface area contributed by atoms with E-state index in [2.05, 4.69) is 10.3 Å². The van der Waals surface area contributed by atoms with Gasteiger partial charge in [0.15, 0.2) is 5.82 Å². The number of carbonyl (C=O) groups excluding carboxylic acids is 1. The minimum absolute atomic E-state index is 0.0657. The lowest BCUT2D eigenvalue weighted by molar-refractivity contribution is -0.0492. The Bertz CT molecular complexity index is 1820. The van der Waals surface area contributed by atoms with Crippen molar-refractivity contribution in [1.82, 2.24) is 19.9 Å². The molecule has 2 saturated heterocycles. The summed E-state index contributed by atoms with van der Waals surface area (Å²) in [6.45, 7) is 0.151. The topological polar surface area (TPSA) is 121 Å². The molecule has 3 N–H and O–H groups in total. The van der Waals surface area contributed by atoms with Crippen LogP contribution in [0.1, 0.15) is 60.9 Å². The second-order valence-corrected chi connectivity index (χ2v) is 12.5. The van der Waals surface area contributed by atoms with Gasteiger partial charge in [0, 0.05) is 29.3 Å². The van der Waals surface area contributed by atoms with Crippen LogP contribution in [0.3, 0.4) is 0 Å².